The van der Waals surface area contributed by atoms with Crippen molar-refractivity contribution in [3.8, 4) is 0 Å². The van der Waals surface area contributed by atoms with Crippen LogP contribution in [0.4, 0.5) is 0 Å². The monoisotopic (exact) mass is 295 g/mol. The summed E-state index contributed by atoms with van der Waals surface area (Å²) in [7, 11) is 1.77. The second kappa shape index (κ2) is 7.90. The SMILES string of the molecule is CCNC(CC)Cc1nc(C2(OC)CCCCCC2)no1. The van der Waals surface area contributed by atoms with Gasteiger partial charge in [-0.2, -0.15) is 4.98 Å². The second-order valence-electron chi connectivity index (χ2n) is 5.99. The van der Waals surface area contributed by atoms with Gasteiger partial charge in [0, 0.05) is 19.6 Å². The van der Waals surface area contributed by atoms with Crippen molar-refractivity contribution in [1.82, 2.24) is 15.5 Å². The molecule has 1 aromatic rings. The van der Waals surface area contributed by atoms with Crippen molar-refractivity contribution in [3.63, 3.8) is 0 Å². The van der Waals surface area contributed by atoms with E-state index in [1.807, 2.05) is 0 Å². The van der Waals surface area contributed by atoms with Crippen LogP contribution in [-0.2, 0) is 16.8 Å². The molecule has 1 aromatic heterocycles. The molecule has 1 saturated carbocycles. The van der Waals surface area contributed by atoms with E-state index in [0.29, 0.717) is 6.04 Å². The van der Waals surface area contributed by atoms with Crippen LogP contribution >= 0.6 is 0 Å². The van der Waals surface area contributed by atoms with Gasteiger partial charge in [0.25, 0.3) is 0 Å². The summed E-state index contributed by atoms with van der Waals surface area (Å²) < 4.78 is 11.3. The minimum absolute atomic E-state index is 0.335. The summed E-state index contributed by atoms with van der Waals surface area (Å²) in [6.07, 6.45) is 8.72. The number of hydrogen-bond donors (Lipinski definition) is 1. The van der Waals surface area contributed by atoms with Crippen LogP contribution in [0, 0.1) is 0 Å². The van der Waals surface area contributed by atoms with E-state index in [1.54, 1.807) is 7.11 Å². The smallest absolute Gasteiger partial charge is 0.228 e. The summed E-state index contributed by atoms with van der Waals surface area (Å²) in [5, 5.41) is 7.68. The van der Waals surface area contributed by atoms with Gasteiger partial charge in [-0.05, 0) is 25.8 Å². The molecule has 2 rings (SSSR count). The maximum Gasteiger partial charge on any atom is 0.228 e. The van der Waals surface area contributed by atoms with Gasteiger partial charge in [0.15, 0.2) is 0 Å². The van der Waals surface area contributed by atoms with Gasteiger partial charge in [-0.15, -0.1) is 0 Å². The predicted octanol–water partition coefficient (Wildman–Crippen LogP) is 3.20. The van der Waals surface area contributed by atoms with Gasteiger partial charge in [0.2, 0.25) is 11.7 Å². The van der Waals surface area contributed by atoms with E-state index in [0.717, 1.165) is 43.9 Å². The molecule has 1 atom stereocenters. The molecule has 120 valence electrons. The summed E-state index contributed by atoms with van der Waals surface area (Å²) in [4.78, 5) is 4.65. The van der Waals surface area contributed by atoms with E-state index in [4.69, 9.17) is 9.26 Å². The minimum Gasteiger partial charge on any atom is -0.370 e. The normalized spacial score (nSPS) is 20.1. The molecule has 21 heavy (non-hydrogen) atoms. The molecule has 5 heteroatoms. The average molecular weight is 295 g/mol. The third-order valence-corrected chi connectivity index (χ3v) is 4.58. The highest BCUT2D eigenvalue weighted by Crippen LogP contribution is 2.37. The number of methoxy groups -OCH3 is 1. The van der Waals surface area contributed by atoms with Crippen molar-refractivity contribution >= 4 is 0 Å². The zero-order valence-corrected chi connectivity index (χ0v) is 13.7. The highest BCUT2D eigenvalue weighted by atomic mass is 16.5. The lowest BCUT2D eigenvalue weighted by molar-refractivity contribution is -0.0365. The van der Waals surface area contributed by atoms with E-state index < -0.39 is 0 Å². The van der Waals surface area contributed by atoms with Crippen LogP contribution in [0.5, 0.6) is 0 Å². The molecular formula is C16H29N3O2. The Bertz CT molecular complexity index is 411. The van der Waals surface area contributed by atoms with Crippen molar-refractivity contribution in [2.45, 2.75) is 76.9 Å². The van der Waals surface area contributed by atoms with Crippen LogP contribution in [0.3, 0.4) is 0 Å². The zero-order chi connectivity index (χ0) is 15.1. The van der Waals surface area contributed by atoms with Gasteiger partial charge in [0.1, 0.15) is 5.60 Å². The van der Waals surface area contributed by atoms with E-state index in [9.17, 15) is 0 Å². The molecular weight excluding hydrogens is 266 g/mol. The second-order valence-corrected chi connectivity index (χ2v) is 5.99. The summed E-state index contributed by atoms with van der Waals surface area (Å²) in [6.45, 7) is 5.25. The Morgan fingerprint density at radius 1 is 1.24 bits per heavy atom. The Kier molecular flexibility index (Phi) is 6.18. The lowest BCUT2D eigenvalue weighted by Gasteiger charge is -2.27. The number of hydrogen-bond acceptors (Lipinski definition) is 5. The molecule has 0 saturated heterocycles. The number of nitrogens with zero attached hydrogens (tertiary/aromatic N) is 2. The van der Waals surface area contributed by atoms with Gasteiger partial charge in [-0.3, -0.25) is 0 Å². The Labute approximate surface area is 127 Å². The summed E-state index contributed by atoms with van der Waals surface area (Å²) in [5.74, 6) is 1.46. The van der Waals surface area contributed by atoms with Gasteiger partial charge in [-0.1, -0.05) is 44.7 Å². The fraction of sp³-hybridized carbons (Fsp3) is 0.875. The fourth-order valence-electron chi connectivity index (χ4n) is 3.20. The maximum absolute atomic E-state index is 5.84. The predicted molar refractivity (Wildman–Crippen MR) is 82.1 cm³/mol. The molecule has 1 heterocycles. The lowest BCUT2D eigenvalue weighted by atomic mass is 9.93. The first-order chi connectivity index (χ1) is 10.2. The standard InChI is InChI=1S/C16H29N3O2/c1-4-13(17-5-2)12-14-18-15(19-21-14)16(20-3)10-8-6-7-9-11-16/h13,17H,4-12H2,1-3H3. The van der Waals surface area contributed by atoms with E-state index in [-0.39, 0.29) is 5.60 Å². The van der Waals surface area contributed by atoms with Crippen LogP contribution in [-0.4, -0.2) is 29.8 Å². The van der Waals surface area contributed by atoms with Crippen molar-refractivity contribution in [1.29, 1.82) is 0 Å². The van der Waals surface area contributed by atoms with Crippen LogP contribution < -0.4 is 5.32 Å². The Morgan fingerprint density at radius 2 is 1.95 bits per heavy atom. The summed E-state index contributed by atoms with van der Waals surface area (Å²) in [6, 6.07) is 0.399. The molecule has 1 aliphatic rings. The number of rotatable bonds is 7. The molecule has 0 bridgehead atoms. The molecule has 0 aliphatic heterocycles. The summed E-state index contributed by atoms with van der Waals surface area (Å²) >= 11 is 0. The minimum atomic E-state index is -0.335. The third-order valence-electron chi connectivity index (χ3n) is 4.58. The van der Waals surface area contributed by atoms with E-state index >= 15 is 0 Å². The maximum atomic E-state index is 5.84. The van der Waals surface area contributed by atoms with E-state index in [1.165, 1.54) is 25.7 Å². The third kappa shape index (κ3) is 4.04. The molecule has 1 unspecified atom stereocenters. The zero-order valence-electron chi connectivity index (χ0n) is 13.7. The summed E-state index contributed by atoms with van der Waals surface area (Å²) in [5.41, 5.74) is -0.335. The van der Waals surface area contributed by atoms with Crippen molar-refractivity contribution in [2.24, 2.45) is 0 Å². The highest BCUT2D eigenvalue weighted by molar-refractivity contribution is 5.03. The topological polar surface area (TPSA) is 60.2 Å². The van der Waals surface area contributed by atoms with Gasteiger partial charge >= 0.3 is 0 Å². The van der Waals surface area contributed by atoms with Crippen LogP contribution in [0.25, 0.3) is 0 Å². The molecule has 1 aliphatic carbocycles. The Morgan fingerprint density at radius 3 is 2.52 bits per heavy atom. The first kappa shape index (κ1) is 16.4. The van der Waals surface area contributed by atoms with Crippen LogP contribution in [0.2, 0.25) is 0 Å². The van der Waals surface area contributed by atoms with Crippen molar-refractivity contribution < 1.29 is 9.26 Å². The Balaban J connectivity index is 2.09. The first-order valence-corrected chi connectivity index (χ1v) is 8.35. The largest absolute Gasteiger partial charge is 0.370 e. The molecule has 0 radical (unpaired) electrons. The molecule has 5 nitrogen and oxygen atoms in total. The number of nitrogens with one attached hydrogen (secondary N) is 1. The molecule has 0 aromatic carbocycles. The average Bonchev–Trinajstić information content (AvgIpc) is 2.84. The van der Waals surface area contributed by atoms with Gasteiger partial charge < -0.3 is 14.6 Å². The van der Waals surface area contributed by atoms with Crippen molar-refractivity contribution in [3.05, 3.63) is 11.7 Å². The van der Waals surface area contributed by atoms with Crippen LogP contribution in [0.1, 0.15) is 70.5 Å². The lowest BCUT2D eigenvalue weighted by Crippen LogP contribution is -2.31. The first-order valence-electron chi connectivity index (χ1n) is 8.35. The van der Waals surface area contributed by atoms with Gasteiger partial charge in [-0.25, -0.2) is 0 Å². The van der Waals surface area contributed by atoms with Crippen LogP contribution in [0.15, 0.2) is 4.52 Å². The molecule has 1 N–H and O–H groups in total. The fourth-order valence-corrected chi connectivity index (χ4v) is 3.20. The number of ether oxygens (including phenoxy) is 1. The molecule has 0 spiro atoms. The highest BCUT2D eigenvalue weighted by Gasteiger charge is 2.37. The van der Waals surface area contributed by atoms with E-state index in [2.05, 4.69) is 29.3 Å². The number of likely N-dealkylation sites (N-methyl/N-ethyl adjacent to an activating group) is 1. The quantitative estimate of drug-likeness (QED) is 0.783. The number of aromatic nitrogens is 2. The van der Waals surface area contributed by atoms with Gasteiger partial charge in [0.05, 0.1) is 0 Å². The van der Waals surface area contributed by atoms with Crippen molar-refractivity contribution in [2.75, 3.05) is 13.7 Å². The Hall–Kier alpha value is -0.940. The molecule has 1 fully saturated rings. The molecule has 0 amide bonds.